The number of nitrogens with one attached hydrogen (secondary N) is 1. The van der Waals surface area contributed by atoms with Gasteiger partial charge in [-0.1, -0.05) is 6.92 Å². The Morgan fingerprint density at radius 1 is 1.12 bits per heavy atom. The molecule has 0 aromatic carbocycles. The largest absolute Gasteiger partial charge is 0.460 e. The summed E-state index contributed by atoms with van der Waals surface area (Å²) in [5, 5.41) is -0.318. The molecule has 1 fully saturated rings. The quantitative estimate of drug-likeness (QED) is 0.427. The fourth-order valence-corrected chi connectivity index (χ4v) is 5.39. The van der Waals surface area contributed by atoms with Gasteiger partial charge in [0, 0.05) is 37.4 Å². The van der Waals surface area contributed by atoms with Crippen LogP contribution in [0.1, 0.15) is 63.4 Å². The van der Waals surface area contributed by atoms with Gasteiger partial charge in [-0.25, -0.2) is 13.2 Å². The number of rotatable bonds is 9. The van der Waals surface area contributed by atoms with Crippen molar-refractivity contribution in [3.8, 4) is 0 Å². The zero-order valence-electron chi connectivity index (χ0n) is 19.3. The van der Waals surface area contributed by atoms with E-state index in [0.29, 0.717) is 36.5 Å². The SMILES string of the molecule is CCOC(=O)c1ccc(S(=O)(=O)N2CCN(CC(=O)c3[nH]c(C)c(C(C)=O)c3CC)CC2)o1. The standard InChI is InChI=1S/C22H29N3O7S/c1-5-16-20(15(4)26)14(3)23-21(16)17(27)13-24-9-11-25(12-10-24)33(29,30)19-8-7-18(32-19)22(28)31-6-2/h7-8,23H,5-6,9-13H2,1-4H3. The first-order valence-corrected chi connectivity index (χ1v) is 12.3. The van der Waals surface area contributed by atoms with Crippen LogP contribution in [-0.2, 0) is 21.2 Å². The summed E-state index contributed by atoms with van der Waals surface area (Å²) in [5.41, 5.74) is 2.41. The van der Waals surface area contributed by atoms with Gasteiger partial charge in [0.05, 0.1) is 18.8 Å². The minimum atomic E-state index is -3.91. The van der Waals surface area contributed by atoms with Gasteiger partial charge in [0.1, 0.15) is 0 Å². The number of ketones is 2. The fourth-order valence-electron chi connectivity index (χ4n) is 4.05. The summed E-state index contributed by atoms with van der Waals surface area (Å²) in [4.78, 5) is 41.6. The number of carbonyl (C=O) groups excluding carboxylic acids is 3. The summed E-state index contributed by atoms with van der Waals surface area (Å²) in [6, 6.07) is 2.52. The molecule has 33 heavy (non-hydrogen) atoms. The number of sulfonamides is 1. The predicted octanol–water partition coefficient (Wildman–Crippen LogP) is 2.05. The van der Waals surface area contributed by atoms with Gasteiger partial charge in [0.15, 0.2) is 11.6 Å². The minimum absolute atomic E-state index is 0.0810. The molecule has 2 aromatic heterocycles. The number of hydrogen-bond acceptors (Lipinski definition) is 8. The van der Waals surface area contributed by atoms with Crippen LogP contribution >= 0.6 is 0 Å². The van der Waals surface area contributed by atoms with Gasteiger partial charge in [0.25, 0.3) is 10.0 Å². The molecule has 0 saturated carbocycles. The van der Waals surface area contributed by atoms with Gasteiger partial charge in [-0.15, -0.1) is 0 Å². The average molecular weight is 480 g/mol. The highest BCUT2D eigenvalue weighted by atomic mass is 32.2. The molecule has 180 valence electrons. The van der Waals surface area contributed by atoms with E-state index in [-0.39, 0.29) is 48.7 Å². The van der Waals surface area contributed by atoms with E-state index in [4.69, 9.17) is 9.15 Å². The first-order valence-electron chi connectivity index (χ1n) is 10.8. The maximum Gasteiger partial charge on any atom is 0.374 e. The second kappa shape index (κ2) is 10.0. The van der Waals surface area contributed by atoms with E-state index in [1.807, 2.05) is 11.8 Å². The molecule has 0 amide bonds. The number of ether oxygens (including phenoxy) is 1. The number of carbonyl (C=O) groups is 3. The number of furan rings is 1. The monoisotopic (exact) mass is 479 g/mol. The van der Waals surface area contributed by atoms with E-state index < -0.39 is 16.0 Å². The Balaban J connectivity index is 1.64. The summed E-state index contributed by atoms with van der Waals surface area (Å²) in [7, 11) is -3.91. The Bertz CT molecular complexity index is 1150. The highest BCUT2D eigenvalue weighted by molar-refractivity contribution is 7.89. The number of nitrogens with zero attached hydrogens (tertiary/aromatic N) is 2. The lowest BCUT2D eigenvalue weighted by Crippen LogP contribution is -2.49. The molecule has 0 bridgehead atoms. The first kappa shape index (κ1) is 24.9. The number of esters is 1. The molecule has 1 aliphatic rings. The maximum absolute atomic E-state index is 12.9. The molecule has 0 aliphatic carbocycles. The lowest BCUT2D eigenvalue weighted by Gasteiger charge is -2.32. The van der Waals surface area contributed by atoms with E-state index >= 15 is 0 Å². The third kappa shape index (κ3) is 5.10. The Morgan fingerprint density at radius 2 is 1.79 bits per heavy atom. The van der Waals surface area contributed by atoms with Crippen molar-refractivity contribution in [3.05, 3.63) is 40.4 Å². The number of piperazine rings is 1. The fraction of sp³-hybridized carbons (Fsp3) is 0.500. The number of aryl methyl sites for hydroxylation is 1. The minimum Gasteiger partial charge on any atom is -0.460 e. The van der Waals surface area contributed by atoms with Crippen molar-refractivity contribution in [2.45, 2.75) is 39.2 Å². The van der Waals surface area contributed by atoms with Crippen molar-refractivity contribution in [3.63, 3.8) is 0 Å². The molecule has 1 saturated heterocycles. The highest BCUT2D eigenvalue weighted by Crippen LogP contribution is 2.23. The van der Waals surface area contributed by atoms with Gasteiger partial charge in [0.2, 0.25) is 10.9 Å². The lowest BCUT2D eigenvalue weighted by molar-refractivity contribution is 0.0483. The van der Waals surface area contributed by atoms with Gasteiger partial charge in [-0.2, -0.15) is 4.31 Å². The van der Waals surface area contributed by atoms with Crippen molar-refractivity contribution in [1.29, 1.82) is 0 Å². The molecule has 0 atom stereocenters. The second-order valence-corrected chi connectivity index (χ2v) is 9.70. The maximum atomic E-state index is 12.9. The van der Waals surface area contributed by atoms with Gasteiger partial charge >= 0.3 is 5.97 Å². The topological polar surface area (TPSA) is 130 Å². The van der Waals surface area contributed by atoms with Crippen molar-refractivity contribution in [2.24, 2.45) is 0 Å². The molecule has 10 nitrogen and oxygen atoms in total. The normalized spacial score (nSPS) is 15.5. The van der Waals surface area contributed by atoms with Crippen LogP contribution in [0.2, 0.25) is 0 Å². The van der Waals surface area contributed by atoms with E-state index in [2.05, 4.69) is 4.98 Å². The molecule has 1 N–H and O–H groups in total. The Kier molecular flexibility index (Phi) is 7.55. The van der Waals surface area contributed by atoms with Gasteiger partial charge < -0.3 is 14.1 Å². The average Bonchev–Trinajstić information content (AvgIpc) is 3.39. The van der Waals surface area contributed by atoms with Gasteiger partial charge in [-0.05, 0) is 44.9 Å². The summed E-state index contributed by atoms with van der Waals surface area (Å²) >= 11 is 0. The Labute approximate surface area is 192 Å². The molecule has 1 aliphatic heterocycles. The Hall–Kier alpha value is -2.76. The number of aromatic nitrogens is 1. The molecule has 0 unspecified atom stereocenters. The zero-order chi connectivity index (χ0) is 24.3. The molecular weight excluding hydrogens is 450 g/mol. The smallest absolute Gasteiger partial charge is 0.374 e. The lowest BCUT2D eigenvalue weighted by atomic mass is 10.0. The third-order valence-electron chi connectivity index (χ3n) is 5.63. The van der Waals surface area contributed by atoms with Crippen molar-refractivity contribution < 1.29 is 32.0 Å². The van der Waals surface area contributed by atoms with Crippen LogP contribution in [0.4, 0.5) is 0 Å². The van der Waals surface area contributed by atoms with E-state index in [9.17, 15) is 22.8 Å². The van der Waals surface area contributed by atoms with Crippen LogP contribution in [0.3, 0.4) is 0 Å². The van der Waals surface area contributed by atoms with E-state index in [0.717, 1.165) is 5.56 Å². The van der Waals surface area contributed by atoms with Crippen LogP contribution in [0.15, 0.2) is 21.6 Å². The molecule has 0 radical (unpaired) electrons. The molecule has 11 heteroatoms. The highest BCUT2D eigenvalue weighted by Gasteiger charge is 2.33. The second-order valence-electron chi connectivity index (χ2n) is 7.83. The number of H-pyrrole nitrogens is 1. The molecule has 3 rings (SSSR count). The van der Waals surface area contributed by atoms with E-state index in [1.165, 1.54) is 23.4 Å². The van der Waals surface area contributed by atoms with Crippen molar-refractivity contribution in [1.82, 2.24) is 14.2 Å². The molecular formula is C22H29N3O7S. The summed E-state index contributed by atoms with van der Waals surface area (Å²) < 4.78 is 37.1. The number of hydrogen-bond donors (Lipinski definition) is 1. The van der Waals surface area contributed by atoms with Gasteiger partial charge in [-0.3, -0.25) is 14.5 Å². The molecule has 3 heterocycles. The molecule has 0 spiro atoms. The predicted molar refractivity (Wildman–Crippen MR) is 119 cm³/mol. The summed E-state index contributed by atoms with van der Waals surface area (Å²) in [6.45, 7) is 8.14. The van der Waals surface area contributed by atoms with Crippen molar-refractivity contribution >= 4 is 27.6 Å². The third-order valence-corrected chi connectivity index (χ3v) is 7.40. The molecule has 2 aromatic rings. The summed E-state index contributed by atoms with van der Waals surface area (Å²) in [6.07, 6.45) is 0.559. The number of aromatic amines is 1. The van der Waals surface area contributed by atoms with Crippen LogP contribution in [0.5, 0.6) is 0 Å². The van der Waals surface area contributed by atoms with Crippen LogP contribution in [0.25, 0.3) is 0 Å². The van der Waals surface area contributed by atoms with E-state index in [1.54, 1.807) is 13.8 Å². The summed E-state index contributed by atoms with van der Waals surface area (Å²) in [5.74, 6) is -1.11. The number of Topliss-reactive ketones (excluding diaryl/α,β-unsaturated/α-hetero) is 2. The van der Waals surface area contributed by atoms with Crippen molar-refractivity contribution in [2.75, 3.05) is 39.3 Å². The van der Waals surface area contributed by atoms with Crippen LogP contribution in [0, 0.1) is 6.92 Å². The van der Waals surface area contributed by atoms with Crippen LogP contribution < -0.4 is 0 Å². The zero-order valence-corrected chi connectivity index (χ0v) is 20.1. The van der Waals surface area contributed by atoms with Crippen LogP contribution in [-0.4, -0.2) is 79.5 Å². The first-order chi connectivity index (χ1) is 15.6. The Morgan fingerprint density at radius 3 is 2.36 bits per heavy atom.